The Morgan fingerprint density at radius 2 is 2.17 bits per heavy atom. The molecule has 0 bridgehead atoms. The number of nitrogens with zero attached hydrogens (tertiary/aromatic N) is 1. The largest absolute Gasteiger partial charge is 1.00 e. The highest BCUT2D eigenvalue weighted by Crippen LogP contribution is 1.91. The van der Waals surface area contributed by atoms with Gasteiger partial charge in [-0.2, -0.15) is 0 Å². The van der Waals surface area contributed by atoms with Crippen LogP contribution in [0.4, 0.5) is 0 Å². The van der Waals surface area contributed by atoms with Crippen molar-refractivity contribution < 1.29 is 28.5 Å². The molecule has 0 radical (unpaired) electrons. The summed E-state index contributed by atoms with van der Waals surface area (Å²) < 4.78 is 2.25. The van der Waals surface area contributed by atoms with E-state index in [1.165, 1.54) is 18.4 Å². The Labute approximate surface area is 91.8 Å². The van der Waals surface area contributed by atoms with Crippen molar-refractivity contribution in [3.63, 3.8) is 0 Å². The van der Waals surface area contributed by atoms with Crippen LogP contribution in [0.15, 0.2) is 24.5 Å². The van der Waals surface area contributed by atoms with Gasteiger partial charge in [0.15, 0.2) is 12.4 Å². The summed E-state index contributed by atoms with van der Waals surface area (Å²) in [6.45, 7) is 5.50. The van der Waals surface area contributed by atoms with Crippen LogP contribution in [0.25, 0.3) is 0 Å². The molecular weight excluding hydrogens is 261 g/mol. The van der Waals surface area contributed by atoms with Crippen molar-refractivity contribution in [2.75, 3.05) is 0 Å². The fourth-order valence-corrected chi connectivity index (χ4v) is 1.13. The first-order chi connectivity index (χ1) is 5.33. The van der Waals surface area contributed by atoms with Crippen LogP contribution in [-0.2, 0) is 6.54 Å². The lowest BCUT2D eigenvalue weighted by molar-refractivity contribution is -0.697. The average molecular weight is 277 g/mol. The Morgan fingerprint density at radius 3 is 2.75 bits per heavy atom. The third-order valence-electron chi connectivity index (χ3n) is 1.78. The van der Waals surface area contributed by atoms with Gasteiger partial charge in [-0.05, 0) is 13.0 Å². The molecule has 0 amide bonds. The molecule has 68 valence electrons. The Bertz CT molecular complexity index is 223. The van der Waals surface area contributed by atoms with Crippen LogP contribution < -0.4 is 28.5 Å². The van der Waals surface area contributed by atoms with Crippen LogP contribution in [0.2, 0.25) is 0 Å². The predicted molar refractivity (Wildman–Crippen MR) is 46.3 cm³/mol. The van der Waals surface area contributed by atoms with E-state index >= 15 is 0 Å². The van der Waals surface area contributed by atoms with Crippen molar-refractivity contribution in [1.29, 1.82) is 0 Å². The summed E-state index contributed by atoms with van der Waals surface area (Å²) in [5, 5.41) is 0. The molecule has 1 nitrogen and oxygen atoms in total. The van der Waals surface area contributed by atoms with E-state index < -0.39 is 0 Å². The molecule has 0 aliphatic carbocycles. The number of rotatable bonds is 3. The summed E-state index contributed by atoms with van der Waals surface area (Å²) >= 11 is 0. The zero-order chi connectivity index (χ0) is 8.10. The molecule has 2 heteroatoms. The van der Waals surface area contributed by atoms with Crippen LogP contribution in [0.3, 0.4) is 0 Å². The van der Waals surface area contributed by atoms with Gasteiger partial charge in [0.2, 0.25) is 0 Å². The molecule has 0 aliphatic rings. The number of pyridine rings is 1. The van der Waals surface area contributed by atoms with Crippen molar-refractivity contribution in [2.24, 2.45) is 0 Å². The van der Waals surface area contributed by atoms with Crippen LogP contribution in [-0.4, -0.2) is 0 Å². The molecule has 0 saturated carbocycles. The molecule has 1 rings (SSSR count). The first kappa shape index (κ1) is 11.9. The van der Waals surface area contributed by atoms with E-state index in [0.717, 1.165) is 6.54 Å². The van der Waals surface area contributed by atoms with Crippen LogP contribution in [0.1, 0.15) is 25.3 Å². The fourth-order valence-electron chi connectivity index (χ4n) is 1.13. The Morgan fingerprint density at radius 1 is 1.42 bits per heavy atom. The van der Waals surface area contributed by atoms with E-state index in [0.29, 0.717) is 0 Å². The first-order valence-corrected chi connectivity index (χ1v) is 4.28. The minimum Gasteiger partial charge on any atom is -1.00 e. The quantitative estimate of drug-likeness (QED) is 0.497. The second-order valence-corrected chi connectivity index (χ2v) is 2.97. The molecule has 0 aromatic carbocycles. The summed E-state index contributed by atoms with van der Waals surface area (Å²) in [6.07, 6.45) is 6.85. The lowest BCUT2D eigenvalue weighted by Gasteiger charge is -1.94. The highest BCUT2D eigenvalue weighted by atomic mass is 127. The zero-order valence-corrected chi connectivity index (χ0v) is 9.91. The second-order valence-electron chi connectivity index (χ2n) is 2.97. The van der Waals surface area contributed by atoms with E-state index in [9.17, 15) is 0 Å². The maximum Gasteiger partial charge on any atom is 0.171 e. The monoisotopic (exact) mass is 277 g/mol. The van der Waals surface area contributed by atoms with Gasteiger partial charge in [-0.3, -0.25) is 0 Å². The van der Waals surface area contributed by atoms with Gasteiger partial charge in [0, 0.05) is 18.1 Å². The molecule has 0 N–H and O–H groups in total. The molecule has 0 fully saturated rings. The topological polar surface area (TPSA) is 3.88 Å². The van der Waals surface area contributed by atoms with Gasteiger partial charge in [0.1, 0.15) is 6.54 Å². The number of unbranched alkanes of at least 4 members (excludes halogenated alkanes) is 1. The molecule has 0 atom stereocenters. The van der Waals surface area contributed by atoms with E-state index in [2.05, 4.69) is 42.9 Å². The lowest BCUT2D eigenvalue weighted by Crippen LogP contribution is -3.00. The maximum atomic E-state index is 2.25. The Kier molecular flexibility index (Phi) is 6.34. The highest BCUT2D eigenvalue weighted by molar-refractivity contribution is 5.01. The van der Waals surface area contributed by atoms with E-state index in [1.807, 2.05) is 0 Å². The third-order valence-corrected chi connectivity index (χ3v) is 1.78. The second kappa shape index (κ2) is 6.40. The lowest BCUT2D eigenvalue weighted by atomic mass is 10.3. The fraction of sp³-hybridized carbons (Fsp3) is 0.500. The minimum atomic E-state index is 0. The van der Waals surface area contributed by atoms with Crippen LogP contribution >= 0.6 is 0 Å². The van der Waals surface area contributed by atoms with Crippen molar-refractivity contribution in [3.05, 3.63) is 30.1 Å². The van der Waals surface area contributed by atoms with E-state index in [1.54, 1.807) is 0 Å². The summed E-state index contributed by atoms with van der Waals surface area (Å²) in [5.74, 6) is 0. The molecular formula is C10H16IN. The third kappa shape index (κ3) is 4.04. The van der Waals surface area contributed by atoms with E-state index in [-0.39, 0.29) is 24.0 Å². The van der Waals surface area contributed by atoms with Gasteiger partial charge in [0.25, 0.3) is 0 Å². The van der Waals surface area contributed by atoms with Crippen molar-refractivity contribution in [2.45, 2.75) is 33.2 Å². The van der Waals surface area contributed by atoms with Crippen molar-refractivity contribution in [3.8, 4) is 0 Å². The summed E-state index contributed by atoms with van der Waals surface area (Å²) in [6, 6.07) is 4.23. The molecule has 1 aromatic heterocycles. The molecule has 0 unspecified atom stereocenters. The molecule has 12 heavy (non-hydrogen) atoms. The van der Waals surface area contributed by atoms with Gasteiger partial charge < -0.3 is 24.0 Å². The standard InChI is InChI=1S/C10H16N.HI/c1-3-4-7-11-8-5-6-10(2)9-11;/h5-6,8-9H,3-4,7H2,1-2H3;1H/q+1;/p-1. The molecule has 0 spiro atoms. The molecule has 0 aliphatic heterocycles. The highest BCUT2D eigenvalue weighted by Gasteiger charge is 1.97. The number of aromatic nitrogens is 1. The zero-order valence-electron chi connectivity index (χ0n) is 7.76. The Hall–Kier alpha value is -0.120. The number of halogens is 1. The number of aryl methyl sites for hydroxylation is 2. The minimum absolute atomic E-state index is 0. The molecule has 1 heterocycles. The van der Waals surface area contributed by atoms with Gasteiger partial charge >= 0.3 is 0 Å². The van der Waals surface area contributed by atoms with Crippen molar-refractivity contribution in [1.82, 2.24) is 0 Å². The molecule has 1 aromatic rings. The predicted octanol–water partition coefficient (Wildman–Crippen LogP) is -0.913. The van der Waals surface area contributed by atoms with Gasteiger partial charge in [-0.25, -0.2) is 4.57 Å². The SMILES string of the molecule is CCCC[n+]1cccc(C)c1.[I-]. The summed E-state index contributed by atoms with van der Waals surface area (Å²) in [4.78, 5) is 0. The average Bonchev–Trinajstić information content (AvgIpc) is 2.01. The van der Waals surface area contributed by atoms with E-state index in [4.69, 9.17) is 0 Å². The van der Waals surface area contributed by atoms with Crippen LogP contribution in [0.5, 0.6) is 0 Å². The number of hydrogen-bond donors (Lipinski definition) is 0. The van der Waals surface area contributed by atoms with Crippen LogP contribution in [0, 0.1) is 6.92 Å². The molecule has 0 saturated heterocycles. The maximum absolute atomic E-state index is 2.25. The smallest absolute Gasteiger partial charge is 0.171 e. The normalized spacial score (nSPS) is 9.17. The van der Waals surface area contributed by atoms with Gasteiger partial charge in [-0.1, -0.05) is 13.3 Å². The van der Waals surface area contributed by atoms with Gasteiger partial charge in [-0.15, -0.1) is 0 Å². The first-order valence-electron chi connectivity index (χ1n) is 4.28. The number of hydrogen-bond acceptors (Lipinski definition) is 0. The Balaban J connectivity index is 0.00000121. The summed E-state index contributed by atoms with van der Waals surface area (Å²) in [5.41, 5.74) is 1.34. The van der Waals surface area contributed by atoms with Crippen molar-refractivity contribution >= 4 is 0 Å². The van der Waals surface area contributed by atoms with Gasteiger partial charge in [0.05, 0.1) is 0 Å². The summed E-state index contributed by atoms with van der Waals surface area (Å²) in [7, 11) is 0.